The van der Waals surface area contributed by atoms with E-state index in [2.05, 4.69) is 29.6 Å². The first-order valence-electron chi connectivity index (χ1n) is 12.0. The van der Waals surface area contributed by atoms with Crippen molar-refractivity contribution in [3.63, 3.8) is 0 Å². The van der Waals surface area contributed by atoms with E-state index in [-0.39, 0.29) is 24.9 Å². The molecule has 0 bridgehead atoms. The molecule has 2 aliphatic rings. The number of ether oxygens (including phenoxy) is 1. The topological polar surface area (TPSA) is 95.9 Å². The Balaban J connectivity index is 1.41. The van der Waals surface area contributed by atoms with Crippen LogP contribution in [0.4, 0.5) is 4.79 Å². The highest BCUT2D eigenvalue weighted by molar-refractivity contribution is 5.87. The lowest BCUT2D eigenvalue weighted by molar-refractivity contribution is -0.172. The highest BCUT2D eigenvalue weighted by atomic mass is 16.5. The number of fused-ring (bicyclic) bond motifs is 3. The third kappa shape index (κ3) is 4.77. The van der Waals surface area contributed by atoms with E-state index in [9.17, 15) is 19.5 Å². The van der Waals surface area contributed by atoms with E-state index in [0.29, 0.717) is 6.54 Å². The first kappa shape index (κ1) is 24.8. The van der Waals surface area contributed by atoms with Crippen molar-refractivity contribution in [1.29, 1.82) is 0 Å². The summed E-state index contributed by atoms with van der Waals surface area (Å²) in [5.41, 5.74) is 3.66. The number of nitrogens with one attached hydrogen (secondary N) is 1. The summed E-state index contributed by atoms with van der Waals surface area (Å²) in [7, 11) is 0. The standard InChI is InChI=1S/C28H34N2O5/c1-27(2,3)22(14-23(31)30-16-28(4,5)24(30)25(32)33)29-26(34)35-15-21-19-12-8-6-10-17(19)18-11-7-9-13-20(18)21/h6-13,21-22,24H,14-16H2,1-5H3,(H,29,34)(H,32,33). The normalized spacial score (nSPS) is 19.2. The Hall–Kier alpha value is -3.35. The molecule has 2 N–H and O–H groups in total. The number of benzene rings is 2. The average molecular weight is 479 g/mol. The van der Waals surface area contributed by atoms with Gasteiger partial charge in [-0.15, -0.1) is 0 Å². The molecular formula is C28H34N2O5. The number of nitrogens with zero attached hydrogens (tertiary/aromatic N) is 1. The van der Waals surface area contributed by atoms with Gasteiger partial charge in [-0.2, -0.15) is 0 Å². The molecule has 1 aliphatic heterocycles. The zero-order valence-corrected chi connectivity index (χ0v) is 21.0. The largest absolute Gasteiger partial charge is 0.480 e. The number of hydrogen-bond acceptors (Lipinski definition) is 4. The van der Waals surface area contributed by atoms with Gasteiger partial charge in [0.05, 0.1) is 0 Å². The summed E-state index contributed by atoms with van der Waals surface area (Å²) in [4.78, 5) is 38.9. The minimum Gasteiger partial charge on any atom is -0.480 e. The van der Waals surface area contributed by atoms with Gasteiger partial charge in [0.2, 0.25) is 5.91 Å². The summed E-state index contributed by atoms with van der Waals surface area (Å²) in [6.45, 7) is 10.0. The number of hydrogen-bond donors (Lipinski definition) is 2. The first-order valence-corrected chi connectivity index (χ1v) is 12.0. The molecular weight excluding hydrogens is 444 g/mol. The summed E-state index contributed by atoms with van der Waals surface area (Å²) in [6.07, 6.45) is -0.577. The summed E-state index contributed by atoms with van der Waals surface area (Å²) < 4.78 is 5.67. The van der Waals surface area contributed by atoms with E-state index < -0.39 is 35.0 Å². The molecule has 1 aliphatic carbocycles. The summed E-state index contributed by atoms with van der Waals surface area (Å²) in [5.74, 6) is -1.34. The second-order valence-corrected chi connectivity index (χ2v) is 11.3. The van der Waals surface area contributed by atoms with Crippen molar-refractivity contribution in [2.75, 3.05) is 13.2 Å². The minimum absolute atomic E-state index is 0.00750. The molecule has 35 heavy (non-hydrogen) atoms. The maximum Gasteiger partial charge on any atom is 0.407 e. The van der Waals surface area contributed by atoms with Gasteiger partial charge < -0.3 is 20.1 Å². The van der Waals surface area contributed by atoms with Gasteiger partial charge in [-0.1, -0.05) is 83.1 Å². The van der Waals surface area contributed by atoms with E-state index in [1.807, 2.05) is 58.9 Å². The highest BCUT2D eigenvalue weighted by Crippen LogP contribution is 2.44. The maximum absolute atomic E-state index is 13.0. The first-order chi connectivity index (χ1) is 16.4. The highest BCUT2D eigenvalue weighted by Gasteiger charge is 2.52. The van der Waals surface area contributed by atoms with Crippen molar-refractivity contribution in [1.82, 2.24) is 10.2 Å². The number of aliphatic carboxylic acids is 1. The molecule has 0 saturated carbocycles. The maximum atomic E-state index is 13.0. The monoisotopic (exact) mass is 478 g/mol. The van der Waals surface area contributed by atoms with E-state index in [1.54, 1.807) is 0 Å². The van der Waals surface area contributed by atoms with E-state index in [1.165, 1.54) is 4.90 Å². The number of carboxylic acids is 1. The Bertz CT molecular complexity index is 1100. The van der Waals surface area contributed by atoms with Crippen LogP contribution in [-0.2, 0) is 14.3 Å². The molecule has 7 heteroatoms. The SMILES string of the molecule is CC(C)(C)C(CC(=O)N1CC(C)(C)C1C(=O)O)NC(=O)OCC1c2ccccc2-c2ccccc21. The van der Waals surface area contributed by atoms with Gasteiger partial charge in [-0.3, -0.25) is 4.79 Å². The Morgan fingerprint density at radius 3 is 2.09 bits per heavy atom. The number of alkyl carbamates (subject to hydrolysis) is 1. The van der Waals surface area contributed by atoms with Crippen LogP contribution in [0.15, 0.2) is 48.5 Å². The molecule has 0 radical (unpaired) electrons. The number of likely N-dealkylation sites (tertiary alicyclic amines) is 1. The quantitative estimate of drug-likeness (QED) is 0.630. The second-order valence-electron chi connectivity index (χ2n) is 11.3. The second kappa shape index (κ2) is 9.02. The third-order valence-electron chi connectivity index (χ3n) is 7.24. The molecule has 2 aromatic rings. The van der Waals surface area contributed by atoms with Crippen molar-refractivity contribution < 1.29 is 24.2 Å². The number of rotatable bonds is 6. The molecule has 7 nitrogen and oxygen atoms in total. The van der Waals surface area contributed by atoms with Crippen molar-refractivity contribution in [3.05, 3.63) is 59.7 Å². The molecule has 186 valence electrons. The Kier molecular flexibility index (Phi) is 6.38. The fourth-order valence-electron chi connectivity index (χ4n) is 5.27. The van der Waals surface area contributed by atoms with Gasteiger partial charge >= 0.3 is 12.1 Å². The molecule has 2 unspecified atom stereocenters. The summed E-state index contributed by atoms with van der Waals surface area (Å²) in [5, 5.41) is 12.4. The van der Waals surface area contributed by atoms with Crippen molar-refractivity contribution >= 4 is 18.0 Å². The summed E-state index contributed by atoms with van der Waals surface area (Å²) in [6, 6.07) is 14.9. The molecule has 0 aromatic heterocycles. The van der Waals surface area contributed by atoms with Crippen LogP contribution in [0.3, 0.4) is 0 Å². The molecule has 2 amide bonds. The average Bonchev–Trinajstić information content (AvgIpc) is 3.08. The predicted molar refractivity (Wildman–Crippen MR) is 133 cm³/mol. The molecule has 1 heterocycles. The van der Waals surface area contributed by atoms with Crippen LogP contribution in [0, 0.1) is 10.8 Å². The number of carboxylic acid groups (broad SMARTS) is 1. The smallest absolute Gasteiger partial charge is 0.407 e. The number of carbonyl (C=O) groups is 3. The molecule has 1 fully saturated rings. The molecule has 2 atom stereocenters. The Morgan fingerprint density at radius 1 is 1.06 bits per heavy atom. The number of amides is 2. The molecule has 2 aromatic carbocycles. The zero-order chi connectivity index (χ0) is 25.5. The predicted octanol–water partition coefficient (Wildman–Crippen LogP) is 4.65. The fourth-order valence-corrected chi connectivity index (χ4v) is 5.27. The fraction of sp³-hybridized carbons (Fsp3) is 0.464. The van der Waals surface area contributed by atoms with E-state index in [4.69, 9.17) is 4.74 Å². The lowest BCUT2D eigenvalue weighted by atomic mass is 9.74. The van der Waals surface area contributed by atoms with Crippen LogP contribution in [-0.4, -0.2) is 53.2 Å². The van der Waals surface area contributed by atoms with Crippen LogP contribution >= 0.6 is 0 Å². The van der Waals surface area contributed by atoms with Crippen LogP contribution in [0.2, 0.25) is 0 Å². The Labute approximate surface area is 206 Å². The lowest BCUT2D eigenvalue weighted by Crippen LogP contribution is -2.67. The Morgan fingerprint density at radius 2 is 1.60 bits per heavy atom. The van der Waals surface area contributed by atoms with Gasteiger partial charge in [-0.25, -0.2) is 9.59 Å². The zero-order valence-electron chi connectivity index (χ0n) is 21.0. The van der Waals surface area contributed by atoms with Gasteiger partial charge in [-0.05, 0) is 27.7 Å². The van der Waals surface area contributed by atoms with Gasteiger partial charge in [0.15, 0.2) is 0 Å². The number of carbonyl (C=O) groups excluding carboxylic acids is 2. The van der Waals surface area contributed by atoms with E-state index >= 15 is 0 Å². The molecule has 0 spiro atoms. The molecule has 4 rings (SSSR count). The van der Waals surface area contributed by atoms with E-state index in [0.717, 1.165) is 22.3 Å². The summed E-state index contributed by atoms with van der Waals surface area (Å²) >= 11 is 0. The van der Waals surface area contributed by atoms with Crippen molar-refractivity contribution in [2.24, 2.45) is 10.8 Å². The van der Waals surface area contributed by atoms with Crippen LogP contribution in [0.5, 0.6) is 0 Å². The van der Waals surface area contributed by atoms with Crippen molar-refractivity contribution in [3.8, 4) is 11.1 Å². The molecule has 1 saturated heterocycles. The van der Waals surface area contributed by atoms with Crippen molar-refractivity contribution in [2.45, 2.75) is 59.0 Å². The van der Waals surface area contributed by atoms with Gasteiger partial charge in [0.1, 0.15) is 12.6 Å². The lowest BCUT2D eigenvalue weighted by Gasteiger charge is -2.52. The van der Waals surface area contributed by atoms with Gasteiger partial charge in [0, 0.05) is 30.3 Å². The third-order valence-corrected chi connectivity index (χ3v) is 7.24. The van der Waals surface area contributed by atoms with Crippen LogP contribution in [0.25, 0.3) is 11.1 Å². The minimum atomic E-state index is -1.01. The van der Waals surface area contributed by atoms with Crippen LogP contribution in [0.1, 0.15) is 58.1 Å². The van der Waals surface area contributed by atoms with Gasteiger partial charge in [0.25, 0.3) is 0 Å². The van der Waals surface area contributed by atoms with Crippen LogP contribution < -0.4 is 5.32 Å².